The molecular weight excluding hydrogens is 332 g/mol. The van der Waals surface area contributed by atoms with Crippen molar-refractivity contribution in [3.05, 3.63) is 18.0 Å². The molecule has 0 amide bonds. The lowest BCUT2D eigenvalue weighted by Crippen LogP contribution is -2.42. The number of rotatable bonds is 4. The van der Waals surface area contributed by atoms with Crippen LogP contribution in [0.3, 0.4) is 0 Å². The lowest BCUT2D eigenvalue weighted by molar-refractivity contribution is -0.00804. The Morgan fingerprint density at radius 1 is 1.29 bits per heavy atom. The summed E-state index contributed by atoms with van der Waals surface area (Å²) in [6.45, 7) is 1.61. The highest BCUT2D eigenvalue weighted by molar-refractivity contribution is 7.89. The summed E-state index contributed by atoms with van der Waals surface area (Å²) in [6.07, 6.45) is 7.13. The predicted octanol–water partition coefficient (Wildman–Crippen LogP) is 1.74. The summed E-state index contributed by atoms with van der Waals surface area (Å²) < 4.78 is 34.5. The molecule has 2 N–H and O–H groups in total. The number of aromatic carboxylic acids is 1. The van der Waals surface area contributed by atoms with Gasteiger partial charge in [0.2, 0.25) is 10.0 Å². The molecule has 2 heterocycles. The van der Waals surface area contributed by atoms with Gasteiger partial charge in [-0.2, -0.15) is 0 Å². The second-order valence-corrected chi connectivity index (χ2v) is 8.70. The monoisotopic (exact) mass is 356 g/mol. The van der Waals surface area contributed by atoms with Crippen LogP contribution in [-0.4, -0.2) is 43.3 Å². The van der Waals surface area contributed by atoms with Crippen molar-refractivity contribution in [3.8, 4) is 0 Å². The Morgan fingerprint density at radius 3 is 2.46 bits per heavy atom. The molecule has 1 saturated carbocycles. The SMILES string of the molecule is Cn1cc(S(=O)(=O)NC2CCC3(CCOCC3)CC2)cc1C(=O)O. The average molecular weight is 356 g/mol. The molecule has 134 valence electrons. The third kappa shape index (κ3) is 3.50. The Kier molecular flexibility index (Phi) is 4.72. The minimum atomic E-state index is -3.70. The summed E-state index contributed by atoms with van der Waals surface area (Å²) in [5.41, 5.74) is 0.281. The van der Waals surface area contributed by atoms with Crippen molar-refractivity contribution < 1.29 is 23.1 Å². The number of nitrogens with zero attached hydrogens (tertiary/aromatic N) is 1. The molecule has 1 aromatic heterocycles. The van der Waals surface area contributed by atoms with Crippen molar-refractivity contribution in [2.24, 2.45) is 12.5 Å². The number of carboxylic acid groups (broad SMARTS) is 1. The highest BCUT2D eigenvalue weighted by atomic mass is 32.2. The van der Waals surface area contributed by atoms with Crippen LogP contribution in [0.1, 0.15) is 49.0 Å². The molecule has 3 rings (SSSR count). The van der Waals surface area contributed by atoms with Gasteiger partial charge in [0, 0.05) is 32.5 Å². The van der Waals surface area contributed by atoms with Crippen LogP contribution in [-0.2, 0) is 21.8 Å². The summed E-state index contributed by atoms with van der Waals surface area (Å²) in [5.74, 6) is -1.14. The fourth-order valence-electron chi connectivity index (χ4n) is 3.83. The zero-order valence-electron chi connectivity index (χ0n) is 13.8. The van der Waals surface area contributed by atoms with Crippen LogP contribution in [0.25, 0.3) is 0 Å². The van der Waals surface area contributed by atoms with Crippen molar-refractivity contribution in [2.75, 3.05) is 13.2 Å². The minimum absolute atomic E-state index is 0.00810. The first-order chi connectivity index (χ1) is 11.3. The maximum absolute atomic E-state index is 12.5. The topological polar surface area (TPSA) is 97.6 Å². The van der Waals surface area contributed by atoms with Crippen molar-refractivity contribution in [2.45, 2.75) is 49.5 Å². The number of ether oxygens (including phenoxy) is 1. The highest BCUT2D eigenvalue weighted by Gasteiger charge is 2.37. The van der Waals surface area contributed by atoms with Gasteiger partial charge in [0.05, 0.1) is 0 Å². The van der Waals surface area contributed by atoms with Gasteiger partial charge in [-0.25, -0.2) is 17.9 Å². The molecule has 8 heteroatoms. The number of aryl methyl sites for hydroxylation is 1. The number of carbonyl (C=O) groups is 1. The fourth-order valence-corrected chi connectivity index (χ4v) is 5.21. The van der Waals surface area contributed by atoms with E-state index in [0.717, 1.165) is 51.7 Å². The van der Waals surface area contributed by atoms with E-state index in [9.17, 15) is 13.2 Å². The van der Waals surface area contributed by atoms with Crippen molar-refractivity contribution >= 4 is 16.0 Å². The Morgan fingerprint density at radius 2 is 1.92 bits per heavy atom. The Bertz CT molecular complexity index is 709. The second kappa shape index (κ2) is 6.50. The van der Waals surface area contributed by atoms with Crippen molar-refractivity contribution in [1.29, 1.82) is 0 Å². The fraction of sp³-hybridized carbons (Fsp3) is 0.688. The number of sulfonamides is 1. The molecule has 2 aliphatic rings. The number of aromatic nitrogens is 1. The lowest BCUT2D eigenvalue weighted by atomic mass is 9.68. The molecule has 7 nitrogen and oxygen atoms in total. The van der Waals surface area contributed by atoms with Crippen LogP contribution in [0, 0.1) is 5.41 Å². The Hall–Kier alpha value is -1.38. The van der Waals surface area contributed by atoms with Crippen LogP contribution >= 0.6 is 0 Å². The molecule has 1 saturated heterocycles. The smallest absolute Gasteiger partial charge is 0.352 e. The zero-order valence-corrected chi connectivity index (χ0v) is 14.6. The van der Waals surface area contributed by atoms with E-state index < -0.39 is 16.0 Å². The maximum atomic E-state index is 12.5. The number of hydrogen-bond donors (Lipinski definition) is 2. The summed E-state index contributed by atoms with van der Waals surface area (Å²) >= 11 is 0. The van der Waals surface area contributed by atoms with Crippen molar-refractivity contribution in [1.82, 2.24) is 9.29 Å². The van der Waals surface area contributed by atoms with Crippen LogP contribution in [0.4, 0.5) is 0 Å². The van der Waals surface area contributed by atoms with E-state index in [2.05, 4.69) is 4.72 Å². The molecule has 0 bridgehead atoms. The van der Waals surface area contributed by atoms with Gasteiger partial charge in [0.1, 0.15) is 10.6 Å². The molecule has 0 aromatic carbocycles. The standard InChI is InChI=1S/C16H24N2O5S/c1-18-11-13(10-14(18)15(19)20)24(21,22)17-12-2-4-16(5-3-12)6-8-23-9-7-16/h10-12,17H,2-9H2,1H3,(H,19,20). The zero-order chi connectivity index (χ0) is 17.4. The molecular formula is C16H24N2O5S. The molecule has 2 fully saturated rings. The Balaban J connectivity index is 1.65. The van der Waals surface area contributed by atoms with E-state index in [1.807, 2.05) is 0 Å². The van der Waals surface area contributed by atoms with E-state index in [1.54, 1.807) is 0 Å². The maximum Gasteiger partial charge on any atom is 0.352 e. The number of hydrogen-bond acceptors (Lipinski definition) is 4. The van der Waals surface area contributed by atoms with E-state index in [1.165, 1.54) is 23.9 Å². The van der Waals surface area contributed by atoms with Gasteiger partial charge in [-0.05, 0) is 50.0 Å². The van der Waals surface area contributed by atoms with Crippen LogP contribution < -0.4 is 4.72 Å². The third-order valence-electron chi connectivity index (χ3n) is 5.43. The minimum Gasteiger partial charge on any atom is -0.477 e. The molecule has 0 radical (unpaired) electrons. The molecule has 1 aliphatic carbocycles. The van der Waals surface area contributed by atoms with Crippen LogP contribution in [0.15, 0.2) is 17.2 Å². The first kappa shape index (κ1) is 17.4. The van der Waals surface area contributed by atoms with Gasteiger partial charge in [0.15, 0.2) is 0 Å². The van der Waals surface area contributed by atoms with E-state index in [4.69, 9.17) is 9.84 Å². The molecule has 1 spiro atoms. The van der Waals surface area contributed by atoms with E-state index >= 15 is 0 Å². The first-order valence-corrected chi connectivity index (χ1v) is 9.79. The molecule has 0 atom stereocenters. The molecule has 1 aromatic rings. The number of nitrogens with one attached hydrogen (secondary N) is 1. The first-order valence-electron chi connectivity index (χ1n) is 8.31. The largest absolute Gasteiger partial charge is 0.477 e. The van der Waals surface area contributed by atoms with Gasteiger partial charge >= 0.3 is 5.97 Å². The molecule has 24 heavy (non-hydrogen) atoms. The summed E-state index contributed by atoms with van der Waals surface area (Å²) in [7, 11) is -2.17. The van der Waals surface area contributed by atoms with E-state index in [-0.39, 0.29) is 16.6 Å². The lowest BCUT2D eigenvalue weighted by Gasteiger charge is -2.42. The van der Waals surface area contributed by atoms with Gasteiger partial charge < -0.3 is 14.4 Å². The predicted molar refractivity (Wildman–Crippen MR) is 87.4 cm³/mol. The van der Waals surface area contributed by atoms with Gasteiger partial charge in [-0.1, -0.05) is 0 Å². The summed E-state index contributed by atoms with van der Waals surface area (Å²) in [6, 6.07) is 1.12. The molecule has 0 unspecified atom stereocenters. The van der Waals surface area contributed by atoms with Gasteiger partial charge in [-0.15, -0.1) is 0 Å². The second-order valence-electron chi connectivity index (χ2n) is 6.99. The summed E-state index contributed by atoms with van der Waals surface area (Å²) in [4.78, 5) is 11.1. The van der Waals surface area contributed by atoms with Crippen LogP contribution in [0.2, 0.25) is 0 Å². The third-order valence-corrected chi connectivity index (χ3v) is 6.92. The number of carboxylic acids is 1. The summed E-state index contributed by atoms with van der Waals surface area (Å²) in [5, 5.41) is 9.06. The quantitative estimate of drug-likeness (QED) is 0.856. The normalized spacial score (nSPS) is 21.9. The van der Waals surface area contributed by atoms with Gasteiger partial charge in [0.25, 0.3) is 0 Å². The Labute approximate surface area is 142 Å². The van der Waals surface area contributed by atoms with Crippen molar-refractivity contribution in [3.63, 3.8) is 0 Å². The average Bonchev–Trinajstić information content (AvgIpc) is 2.94. The van der Waals surface area contributed by atoms with Crippen LogP contribution in [0.5, 0.6) is 0 Å². The highest BCUT2D eigenvalue weighted by Crippen LogP contribution is 2.44. The van der Waals surface area contributed by atoms with Gasteiger partial charge in [-0.3, -0.25) is 0 Å². The molecule has 1 aliphatic heterocycles. The van der Waals surface area contributed by atoms with E-state index in [0.29, 0.717) is 5.41 Å².